The molecular weight excluding hydrogens is 502 g/mol. The van der Waals surface area contributed by atoms with Crippen LogP contribution >= 0.6 is 15.9 Å². The number of nitrogens with zero attached hydrogens (tertiary/aromatic N) is 1. The van der Waals surface area contributed by atoms with E-state index in [-0.39, 0.29) is 29.9 Å². The average Bonchev–Trinajstić information content (AvgIpc) is 2.86. The first-order valence-electron chi connectivity index (χ1n) is 10.6. The Labute approximate surface area is 207 Å². The summed E-state index contributed by atoms with van der Waals surface area (Å²) in [6.45, 7) is 1.91. The molecule has 0 saturated heterocycles. The van der Waals surface area contributed by atoms with E-state index in [0.29, 0.717) is 22.5 Å². The SMILES string of the molecule is COc1ccc(CN(C(=O)COc2c(Br)cccc2C(=O)O)[C@H](C)c2ccccc2)cc1OC. The molecule has 0 bridgehead atoms. The molecule has 0 aliphatic rings. The third-order valence-electron chi connectivity index (χ3n) is 5.41. The van der Waals surface area contributed by atoms with Crippen molar-refractivity contribution in [2.24, 2.45) is 0 Å². The summed E-state index contributed by atoms with van der Waals surface area (Å²) in [5.41, 5.74) is 1.79. The van der Waals surface area contributed by atoms with Gasteiger partial charge in [-0.3, -0.25) is 4.79 Å². The van der Waals surface area contributed by atoms with Gasteiger partial charge in [0.25, 0.3) is 5.91 Å². The molecule has 34 heavy (non-hydrogen) atoms. The number of aromatic carboxylic acids is 1. The van der Waals surface area contributed by atoms with Gasteiger partial charge in [-0.05, 0) is 58.2 Å². The smallest absolute Gasteiger partial charge is 0.339 e. The fourth-order valence-corrected chi connectivity index (χ4v) is 4.05. The minimum absolute atomic E-state index is 0.0234. The van der Waals surface area contributed by atoms with Crippen LogP contribution in [0.3, 0.4) is 0 Å². The highest BCUT2D eigenvalue weighted by molar-refractivity contribution is 9.10. The van der Waals surface area contributed by atoms with E-state index in [4.69, 9.17) is 14.2 Å². The topological polar surface area (TPSA) is 85.3 Å². The van der Waals surface area contributed by atoms with Crippen LogP contribution in [0, 0.1) is 0 Å². The van der Waals surface area contributed by atoms with Crippen molar-refractivity contribution in [3.05, 3.63) is 87.9 Å². The van der Waals surface area contributed by atoms with Crippen molar-refractivity contribution in [1.29, 1.82) is 0 Å². The van der Waals surface area contributed by atoms with Gasteiger partial charge in [-0.15, -0.1) is 0 Å². The maximum absolute atomic E-state index is 13.4. The van der Waals surface area contributed by atoms with Gasteiger partial charge < -0.3 is 24.2 Å². The fourth-order valence-electron chi connectivity index (χ4n) is 3.57. The highest BCUT2D eigenvalue weighted by atomic mass is 79.9. The van der Waals surface area contributed by atoms with Gasteiger partial charge in [-0.2, -0.15) is 0 Å². The molecule has 0 fully saturated rings. The fraction of sp³-hybridized carbons (Fsp3) is 0.231. The molecule has 0 saturated carbocycles. The number of amides is 1. The maximum atomic E-state index is 13.4. The van der Waals surface area contributed by atoms with Crippen molar-refractivity contribution in [2.45, 2.75) is 19.5 Å². The molecule has 0 aliphatic heterocycles. The van der Waals surface area contributed by atoms with Crippen molar-refractivity contribution in [3.63, 3.8) is 0 Å². The molecular formula is C26H26BrNO6. The number of carbonyl (C=O) groups is 2. The number of para-hydroxylation sites is 1. The molecule has 178 valence electrons. The molecule has 0 aromatic heterocycles. The summed E-state index contributed by atoms with van der Waals surface area (Å²) >= 11 is 3.31. The van der Waals surface area contributed by atoms with Crippen LogP contribution in [0.2, 0.25) is 0 Å². The largest absolute Gasteiger partial charge is 0.493 e. The maximum Gasteiger partial charge on any atom is 0.339 e. The van der Waals surface area contributed by atoms with Crippen LogP contribution in [-0.2, 0) is 11.3 Å². The zero-order chi connectivity index (χ0) is 24.7. The molecule has 1 atom stereocenters. The third kappa shape index (κ3) is 5.88. The van der Waals surface area contributed by atoms with Crippen LogP contribution in [0.25, 0.3) is 0 Å². The number of carboxylic acid groups (broad SMARTS) is 1. The van der Waals surface area contributed by atoms with Gasteiger partial charge in [0.2, 0.25) is 0 Å². The Morgan fingerprint density at radius 2 is 1.68 bits per heavy atom. The number of ether oxygens (including phenoxy) is 3. The second-order valence-corrected chi connectivity index (χ2v) is 8.36. The first kappa shape index (κ1) is 25.1. The second-order valence-electron chi connectivity index (χ2n) is 7.51. The van der Waals surface area contributed by atoms with Gasteiger partial charge in [0, 0.05) is 6.54 Å². The van der Waals surface area contributed by atoms with Crippen molar-refractivity contribution >= 4 is 27.8 Å². The molecule has 0 unspecified atom stereocenters. The zero-order valence-corrected chi connectivity index (χ0v) is 20.7. The van der Waals surface area contributed by atoms with E-state index in [9.17, 15) is 14.7 Å². The number of halogens is 1. The molecule has 0 aliphatic carbocycles. The number of rotatable bonds is 10. The lowest BCUT2D eigenvalue weighted by Gasteiger charge is -2.30. The summed E-state index contributed by atoms with van der Waals surface area (Å²) in [6, 6.07) is 19.6. The Morgan fingerprint density at radius 1 is 0.971 bits per heavy atom. The molecule has 8 heteroatoms. The van der Waals surface area contributed by atoms with Crippen molar-refractivity contribution in [2.75, 3.05) is 20.8 Å². The monoisotopic (exact) mass is 527 g/mol. The highest BCUT2D eigenvalue weighted by Crippen LogP contribution is 2.31. The average molecular weight is 528 g/mol. The standard InChI is InChI=1S/C26H26BrNO6/c1-17(19-8-5-4-6-9-19)28(15-18-12-13-22(32-2)23(14-18)33-3)24(29)16-34-25-20(26(30)31)10-7-11-21(25)27/h4-14,17H,15-16H2,1-3H3,(H,30,31)/t17-/m1/s1. The van der Waals surface area contributed by atoms with E-state index in [2.05, 4.69) is 15.9 Å². The van der Waals surface area contributed by atoms with Crippen molar-refractivity contribution < 1.29 is 28.9 Å². The first-order chi connectivity index (χ1) is 16.3. The van der Waals surface area contributed by atoms with Crippen LogP contribution in [0.4, 0.5) is 0 Å². The van der Waals surface area contributed by atoms with E-state index in [1.54, 1.807) is 37.3 Å². The van der Waals surface area contributed by atoms with Gasteiger partial charge in [0.05, 0.1) is 24.7 Å². The van der Waals surface area contributed by atoms with E-state index in [1.165, 1.54) is 6.07 Å². The van der Waals surface area contributed by atoms with Crippen molar-refractivity contribution in [3.8, 4) is 17.2 Å². The number of hydrogen-bond donors (Lipinski definition) is 1. The van der Waals surface area contributed by atoms with Crippen LogP contribution in [0.15, 0.2) is 71.2 Å². The van der Waals surface area contributed by atoms with Crippen LogP contribution < -0.4 is 14.2 Å². The van der Waals surface area contributed by atoms with E-state index in [1.807, 2.05) is 49.4 Å². The molecule has 3 aromatic carbocycles. The number of carboxylic acids is 1. The summed E-state index contributed by atoms with van der Waals surface area (Å²) in [6.07, 6.45) is 0. The lowest BCUT2D eigenvalue weighted by molar-refractivity contribution is -0.136. The molecule has 7 nitrogen and oxygen atoms in total. The summed E-state index contributed by atoms with van der Waals surface area (Å²) < 4.78 is 16.9. The predicted molar refractivity (Wildman–Crippen MR) is 132 cm³/mol. The lowest BCUT2D eigenvalue weighted by atomic mass is 10.1. The Morgan fingerprint density at radius 3 is 2.32 bits per heavy atom. The lowest BCUT2D eigenvalue weighted by Crippen LogP contribution is -2.36. The van der Waals surface area contributed by atoms with Gasteiger partial charge in [-0.25, -0.2) is 4.79 Å². The third-order valence-corrected chi connectivity index (χ3v) is 6.03. The van der Waals surface area contributed by atoms with Gasteiger partial charge in [-0.1, -0.05) is 42.5 Å². The van der Waals surface area contributed by atoms with Gasteiger partial charge in [0.15, 0.2) is 18.1 Å². The quantitative estimate of drug-likeness (QED) is 0.383. The normalized spacial score (nSPS) is 11.4. The van der Waals surface area contributed by atoms with E-state index >= 15 is 0 Å². The number of hydrogen-bond acceptors (Lipinski definition) is 5. The molecule has 0 spiro atoms. The van der Waals surface area contributed by atoms with Gasteiger partial charge in [0.1, 0.15) is 11.3 Å². The molecule has 3 rings (SSSR count). The number of methoxy groups -OCH3 is 2. The van der Waals surface area contributed by atoms with E-state index in [0.717, 1.165) is 11.1 Å². The summed E-state index contributed by atoms with van der Waals surface area (Å²) in [5, 5.41) is 9.47. The molecule has 1 amide bonds. The zero-order valence-electron chi connectivity index (χ0n) is 19.2. The Bertz CT molecular complexity index is 1150. The highest BCUT2D eigenvalue weighted by Gasteiger charge is 2.24. The van der Waals surface area contributed by atoms with Crippen LogP contribution in [0.1, 0.15) is 34.5 Å². The second kappa shape index (κ2) is 11.6. The summed E-state index contributed by atoms with van der Waals surface area (Å²) in [4.78, 5) is 26.7. The van der Waals surface area contributed by atoms with Crippen molar-refractivity contribution in [1.82, 2.24) is 4.90 Å². The molecule has 0 radical (unpaired) electrons. The predicted octanol–water partition coefficient (Wildman–Crippen LogP) is 5.33. The van der Waals surface area contributed by atoms with Crippen LogP contribution in [-0.4, -0.2) is 42.7 Å². The Kier molecular flexibility index (Phi) is 8.54. The number of benzene rings is 3. The van der Waals surface area contributed by atoms with E-state index < -0.39 is 5.97 Å². The Hall–Kier alpha value is -3.52. The minimum Gasteiger partial charge on any atom is -0.493 e. The van der Waals surface area contributed by atoms with Gasteiger partial charge >= 0.3 is 5.97 Å². The minimum atomic E-state index is -1.14. The summed E-state index contributed by atoms with van der Waals surface area (Å²) in [7, 11) is 3.12. The number of carbonyl (C=O) groups excluding carboxylic acids is 1. The first-order valence-corrected chi connectivity index (χ1v) is 11.3. The molecule has 1 N–H and O–H groups in total. The molecule has 3 aromatic rings. The summed E-state index contributed by atoms with van der Waals surface area (Å²) in [5.74, 6) is -0.155. The van der Waals surface area contributed by atoms with Crippen LogP contribution in [0.5, 0.6) is 17.2 Å². The Balaban J connectivity index is 1.88. The molecule has 0 heterocycles.